The van der Waals surface area contributed by atoms with E-state index in [0.29, 0.717) is 0 Å². The average molecular weight is 135 g/mol. The minimum atomic E-state index is -0.802. The molecule has 9 heavy (non-hydrogen) atoms. The molecule has 1 rings (SSSR count). The zero-order valence-corrected chi connectivity index (χ0v) is 4.22. The molecule has 0 unspecified atom stereocenters. The van der Waals surface area contributed by atoms with Crippen LogP contribution in [0, 0.1) is 0 Å². The molecule has 0 bridgehead atoms. The quantitative estimate of drug-likeness (QED) is 0.374. The lowest BCUT2D eigenvalue weighted by Gasteiger charge is -1.77. The lowest BCUT2D eigenvalue weighted by molar-refractivity contribution is 0.888. The molecule has 1 aromatic heterocycles. The second-order valence-electron chi connectivity index (χ2n) is 1.36. The zero-order chi connectivity index (χ0) is 6.85. The number of hydrogen-bond acceptors (Lipinski definition) is 3. The highest BCUT2D eigenvalue weighted by Crippen LogP contribution is 1.29. The Kier molecular flexibility index (Phi) is 1.07. The highest BCUT2D eigenvalue weighted by molar-refractivity contribution is 4.60. The van der Waals surface area contributed by atoms with Crippen LogP contribution in [0.4, 0.5) is 0 Å². The molecule has 48 valence electrons. The standard InChI is InChI=1S/C3H3N3O3/c7-1-4-2(8)6-3(9)5-1/h(H3,4,5,6,7,8,9)/i1+1,2+1,3+1,4+1,5+1,6+1. The van der Waals surface area contributed by atoms with Crippen LogP contribution < -0.4 is 17.1 Å². The highest BCUT2D eigenvalue weighted by Gasteiger charge is 1.84. The van der Waals surface area contributed by atoms with Gasteiger partial charge in [0.2, 0.25) is 0 Å². The molecule has 0 saturated carbocycles. The third-order valence-corrected chi connectivity index (χ3v) is 0.681. The van der Waals surface area contributed by atoms with E-state index >= 15 is 0 Å². The lowest BCUT2D eigenvalue weighted by atomic mass is 12.0. The van der Waals surface area contributed by atoms with Crippen LogP contribution in [0.3, 0.4) is 0 Å². The van der Waals surface area contributed by atoms with E-state index in [-0.39, 0.29) is 0 Å². The summed E-state index contributed by atoms with van der Waals surface area (Å²) >= 11 is 0. The van der Waals surface area contributed by atoms with Gasteiger partial charge in [-0.15, -0.1) is 0 Å². The van der Waals surface area contributed by atoms with Crippen LogP contribution in [-0.2, 0) is 0 Å². The van der Waals surface area contributed by atoms with Crippen molar-refractivity contribution in [2.75, 3.05) is 0 Å². The molecule has 0 radical (unpaired) electrons. The fourth-order valence-corrected chi connectivity index (χ4v) is 0.403. The monoisotopic (exact) mass is 135 g/mol. The van der Waals surface area contributed by atoms with Crippen molar-refractivity contribution in [1.82, 2.24) is 15.0 Å². The van der Waals surface area contributed by atoms with Crippen molar-refractivity contribution in [3.8, 4) is 0 Å². The zero-order valence-electron chi connectivity index (χ0n) is 4.22. The van der Waals surface area contributed by atoms with Gasteiger partial charge in [-0.1, -0.05) is 0 Å². The maximum Gasteiger partial charge on any atom is 0.330 e. The first kappa shape index (κ1) is 5.54. The van der Waals surface area contributed by atoms with Crippen LogP contribution in [0.15, 0.2) is 14.4 Å². The number of aromatic amines is 3. The summed E-state index contributed by atoms with van der Waals surface area (Å²) in [5.74, 6) is 0. The predicted octanol–water partition coefficient (Wildman–Crippen LogP) is -2.25. The number of aromatic nitrogens is 3. The van der Waals surface area contributed by atoms with Crippen molar-refractivity contribution in [2.24, 2.45) is 0 Å². The lowest BCUT2D eigenvalue weighted by Crippen LogP contribution is -2.34. The number of hydrogen-bond donors (Lipinski definition) is 3. The van der Waals surface area contributed by atoms with Gasteiger partial charge in [0.15, 0.2) is 0 Å². The van der Waals surface area contributed by atoms with Gasteiger partial charge in [0.1, 0.15) is 0 Å². The third-order valence-electron chi connectivity index (χ3n) is 0.681. The van der Waals surface area contributed by atoms with E-state index in [1.54, 1.807) is 15.0 Å². The van der Waals surface area contributed by atoms with Crippen molar-refractivity contribution in [1.29, 1.82) is 0 Å². The summed E-state index contributed by atoms with van der Waals surface area (Å²) in [6, 6.07) is 0. The van der Waals surface area contributed by atoms with E-state index in [0.717, 1.165) is 0 Å². The molecule has 3 N–H and O–H groups in total. The second kappa shape index (κ2) is 1.73. The molecule has 0 atom stereocenters. The molecule has 0 fully saturated rings. The summed E-state index contributed by atoms with van der Waals surface area (Å²) in [7, 11) is 0. The summed E-state index contributed by atoms with van der Waals surface area (Å²) in [6.07, 6.45) is 0. The third kappa shape index (κ3) is 1.15. The summed E-state index contributed by atoms with van der Waals surface area (Å²) in [5.41, 5.74) is -2.41. The van der Waals surface area contributed by atoms with Gasteiger partial charge in [-0.2, -0.15) is 0 Å². The molecule has 6 heteroatoms. The summed E-state index contributed by atoms with van der Waals surface area (Å²) in [4.78, 5) is 35.9. The minimum absolute atomic E-state index is 0.802. The molecule has 1 heterocycles. The van der Waals surface area contributed by atoms with Crippen molar-refractivity contribution >= 4 is 0 Å². The molecule has 1 aromatic rings. The maximum absolute atomic E-state index is 10.2. The van der Waals surface area contributed by atoms with Gasteiger partial charge < -0.3 is 0 Å². The molecular weight excluding hydrogens is 132 g/mol. The first-order valence-corrected chi connectivity index (χ1v) is 2.11. The Morgan fingerprint density at radius 1 is 0.667 bits per heavy atom. The Morgan fingerprint density at radius 2 is 0.889 bits per heavy atom. The van der Waals surface area contributed by atoms with Crippen LogP contribution in [0.2, 0.25) is 0 Å². The normalized spacial score (nSPS) is 9.33. The van der Waals surface area contributed by atoms with Gasteiger partial charge in [0.05, 0.1) is 0 Å². The number of H-pyrrole nitrogens is 3. The molecular formula is C3H3N3O3. The molecule has 0 saturated heterocycles. The van der Waals surface area contributed by atoms with E-state index in [2.05, 4.69) is 0 Å². The Hall–Kier alpha value is -1.59. The minimum Gasteiger partial charge on any atom is -0.259 e. The van der Waals surface area contributed by atoms with E-state index in [9.17, 15) is 14.4 Å². The second-order valence-corrected chi connectivity index (χ2v) is 1.36. The smallest absolute Gasteiger partial charge is 0.259 e. The van der Waals surface area contributed by atoms with Crippen LogP contribution in [0.5, 0.6) is 0 Å². The van der Waals surface area contributed by atoms with Crippen LogP contribution in [0.25, 0.3) is 0 Å². The molecule has 0 aliphatic heterocycles. The maximum atomic E-state index is 10.2. The molecule has 0 aromatic carbocycles. The molecule has 0 amide bonds. The van der Waals surface area contributed by atoms with Crippen molar-refractivity contribution in [3.05, 3.63) is 31.5 Å². The molecule has 0 spiro atoms. The largest absolute Gasteiger partial charge is 0.330 e. The van der Waals surface area contributed by atoms with E-state index in [1.165, 1.54) is 0 Å². The predicted molar refractivity (Wildman–Crippen MR) is 28.3 cm³/mol. The van der Waals surface area contributed by atoms with Crippen molar-refractivity contribution < 1.29 is 0 Å². The summed E-state index contributed by atoms with van der Waals surface area (Å²) in [5, 5.41) is 0. The molecule has 6 nitrogen and oxygen atoms in total. The molecule has 0 aliphatic rings. The SMILES string of the molecule is O=[13c]1[15nH][13c](=O)[15nH][13c](=O)[15nH]1. The number of rotatable bonds is 0. The summed E-state index contributed by atoms with van der Waals surface area (Å²) < 4.78 is 0. The Balaban J connectivity index is 3.72. The highest BCUT2D eigenvalue weighted by atomic mass is 16.4. The van der Waals surface area contributed by atoms with Crippen molar-refractivity contribution in [2.45, 2.75) is 0 Å². The Labute approximate surface area is 47.6 Å². The first-order chi connectivity index (χ1) is 4.18. The van der Waals surface area contributed by atoms with Crippen LogP contribution >= 0.6 is 0 Å². The fraction of sp³-hybridized carbons (Fsp3) is 0. The fourth-order valence-electron chi connectivity index (χ4n) is 0.403. The van der Waals surface area contributed by atoms with Gasteiger partial charge in [-0.3, -0.25) is 15.0 Å². The molecule has 0 aliphatic carbocycles. The van der Waals surface area contributed by atoms with E-state index in [4.69, 9.17) is 0 Å². The number of nitrogens with one attached hydrogen (secondary N) is 3. The Morgan fingerprint density at radius 3 is 1.11 bits per heavy atom. The summed E-state index contributed by atoms with van der Waals surface area (Å²) in [6.45, 7) is 0. The van der Waals surface area contributed by atoms with Gasteiger partial charge >= 0.3 is 17.1 Å². The van der Waals surface area contributed by atoms with Crippen molar-refractivity contribution in [3.63, 3.8) is 0 Å². The van der Waals surface area contributed by atoms with Gasteiger partial charge in [0.25, 0.3) is 0 Å². The van der Waals surface area contributed by atoms with Gasteiger partial charge in [0, 0.05) is 0 Å². The van der Waals surface area contributed by atoms with Gasteiger partial charge in [-0.25, -0.2) is 14.4 Å². The Bertz CT molecular complexity index is 277. The van der Waals surface area contributed by atoms with Gasteiger partial charge in [-0.05, 0) is 0 Å². The van der Waals surface area contributed by atoms with Crippen LogP contribution in [-0.4, -0.2) is 15.0 Å². The van der Waals surface area contributed by atoms with E-state index < -0.39 is 17.1 Å². The average Bonchev–Trinajstić information content (AvgIpc) is 1.59. The van der Waals surface area contributed by atoms with E-state index in [1.807, 2.05) is 0 Å². The first-order valence-electron chi connectivity index (χ1n) is 2.11. The van der Waals surface area contributed by atoms with Crippen LogP contribution in [0.1, 0.15) is 0 Å². The topological polar surface area (TPSA) is 98.6 Å².